The Kier molecular flexibility index (Phi) is 5.42. The standard InChI is InChI=1S/C18H25N3O2/c1-6-15(14-10-8-9-11-16(14)23-5)19-18(22)17-12(3)20-21(7-2)13(17)4/h8-11,15H,6-7H2,1-5H3,(H,19,22). The van der Waals surface area contributed by atoms with E-state index in [0.29, 0.717) is 5.56 Å². The van der Waals surface area contributed by atoms with Gasteiger partial charge in [0, 0.05) is 17.8 Å². The van der Waals surface area contributed by atoms with Gasteiger partial charge in [0.25, 0.3) is 5.91 Å². The summed E-state index contributed by atoms with van der Waals surface area (Å²) < 4.78 is 7.27. The lowest BCUT2D eigenvalue weighted by Gasteiger charge is -2.20. The summed E-state index contributed by atoms with van der Waals surface area (Å²) in [4.78, 5) is 12.8. The molecule has 1 atom stereocenters. The summed E-state index contributed by atoms with van der Waals surface area (Å²) in [5.41, 5.74) is 3.32. The minimum atomic E-state index is -0.0950. The number of carbonyl (C=O) groups is 1. The van der Waals surface area contributed by atoms with E-state index in [-0.39, 0.29) is 11.9 Å². The molecule has 1 amide bonds. The Morgan fingerprint density at radius 2 is 2.00 bits per heavy atom. The molecule has 0 aliphatic heterocycles. The lowest BCUT2D eigenvalue weighted by atomic mass is 10.0. The fourth-order valence-corrected chi connectivity index (χ4v) is 2.92. The second-order valence-corrected chi connectivity index (χ2v) is 5.54. The van der Waals surface area contributed by atoms with Gasteiger partial charge in [-0.25, -0.2) is 0 Å². The number of benzene rings is 1. The van der Waals surface area contributed by atoms with Crippen molar-refractivity contribution in [1.29, 1.82) is 0 Å². The largest absolute Gasteiger partial charge is 0.496 e. The fourth-order valence-electron chi connectivity index (χ4n) is 2.92. The van der Waals surface area contributed by atoms with Crippen molar-refractivity contribution >= 4 is 5.91 Å². The summed E-state index contributed by atoms with van der Waals surface area (Å²) in [5.74, 6) is 0.704. The van der Waals surface area contributed by atoms with Gasteiger partial charge in [-0.2, -0.15) is 5.10 Å². The van der Waals surface area contributed by atoms with Gasteiger partial charge in [0.1, 0.15) is 5.75 Å². The monoisotopic (exact) mass is 315 g/mol. The van der Waals surface area contributed by atoms with Gasteiger partial charge in [-0.15, -0.1) is 0 Å². The lowest BCUT2D eigenvalue weighted by Crippen LogP contribution is -2.29. The number of hydrogen-bond donors (Lipinski definition) is 1. The van der Waals surface area contributed by atoms with E-state index in [1.54, 1.807) is 7.11 Å². The Morgan fingerprint density at radius 1 is 1.30 bits per heavy atom. The maximum atomic E-state index is 12.8. The van der Waals surface area contributed by atoms with Crippen molar-refractivity contribution in [2.24, 2.45) is 0 Å². The van der Waals surface area contributed by atoms with E-state index in [0.717, 1.165) is 35.7 Å². The fraction of sp³-hybridized carbons (Fsp3) is 0.444. The second kappa shape index (κ2) is 7.31. The van der Waals surface area contributed by atoms with Gasteiger partial charge in [0.2, 0.25) is 0 Å². The molecule has 0 bridgehead atoms. The van der Waals surface area contributed by atoms with Crippen LogP contribution in [0.2, 0.25) is 0 Å². The molecule has 2 rings (SSSR count). The Balaban J connectivity index is 2.29. The molecule has 124 valence electrons. The highest BCUT2D eigenvalue weighted by atomic mass is 16.5. The van der Waals surface area contributed by atoms with Crippen LogP contribution in [0.4, 0.5) is 0 Å². The molecule has 23 heavy (non-hydrogen) atoms. The number of nitrogens with one attached hydrogen (secondary N) is 1. The van der Waals surface area contributed by atoms with Crippen LogP contribution in [0.5, 0.6) is 5.75 Å². The average Bonchev–Trinajstić information content (AvgIpc) is 2.86. The van der Waals surface area contributed by atoms with Crippen molar-refractivity contribution < 1.29 is 9.53 Å². The highest BCUT2D eigenvalue weighted by molar-refractivity contribution is 5.96. The molecule has 0 fully saturated rings. The minimum Gasteiger partial charge on any atom is -0.496 e. The molecule has 0 saturated carbocycles. The van der Waals surface area contributed by atoms with Crippen molar-refractivity contribution in [3.63, 3.8) is 0 Å². The van der Waals surface area contributed by atoms with Crippen molar-refractivity contribution in [1.82, 2.24) is 15.1 Å². The smallest absolute Gasteiger partial charge is 0.255 e. The lowest BCUT2D eigenvalue weighted by molar-refractivity contribution is 0.0934. The van der Waals surface area contributed by atoms with Gasteiger partial charge >= 0.3 is 0 Å². The number of hydrogen-bond acceptors (Lipinski definition) is 3. The molecule has 2 aromatic rings. The van der Waals surface area contributed by atoms with E-state index >= 15 is 0 Å². The predicted molar refractivity (Wildman–Crippen MR) is 90.9 cm³/mol. The van der Waals surface area contributed by atoms with Gasteiger partial charge in [0.15, 0.2) is 0 Å². The quantitative estimate of drug-likeness (QED) is 0.889. The average molecular weight is 315 g/mol. The van der Waals surface area contributed by atoms with Crippen molar-refractivity contribution in [3.8, 4) is 5.75 Å². The summed E-state index contributed by atoms with van der Waals surface area (Å²) in [6.45, 7) is 8.63. The first kappa shape index (κ1) is 17.1. The van der Waals surface area contributed by atoms with Gasteiger partial charge in [-0.3, -0.25) is 9.48 Å². The van der Waals surface area contributed by atoms with E-state index in [2.05, 4.69) is 10.4 Å². The van der Waals surface area contributed by atoms with E-state index in [9.17, 15) is 4.79 Å². The molecule has 1 unspecified atom stereocenters. The predicted octanol–water partition coefficient (Wildman–Crippen LogP) is 3.41. The molecule has 0 saturated heterocycles. The van der Waals surface area contributed by atoms with Crippen LogP contribution < -0.4 is 10.1 Å². The Morgan fingerprint density at radius 3 is 2.57 bits per heavy atom. The summed E-state index contributed by atoms with van der Waals surface area (Å²) in [6.07, 6.45) is 0.784. The van der Waals surface area contributed by atoms with Gasteiger partial charge in [-0.1, -0.05) is 25.1 Å². The Labute approximate surface area is 137 Å². The van der Waals surface area contributed by atoms with Crippen LogP contribution >= 0.6 is 0 Å². The summed E-state index contributed by atoms with van der Waals surface area (Å²) in [5, 5.41) is 7.54. The van der Waals surface area contributed by atoms with Crippen LogP contribution in [0.15, 0.2) is 24.3 Å². The molecule has 1 heterocycles. The molecule has 0 aliphatic rings. The molecule has 1 aromatic heterocycles. The number of rotatable bonds is 6. The molecule has 1 N–H and O–H groups in total. The van der Waals surface area contributed by atoms with Crippen LogP contribution in [0, 0.1) is 13.8 Å². The van der Waals surface area contributed by atoms with E-state index in [4.69, 9.17) is 4.74 Å². The van der Waals surface area contributed by atoms with Gasteiger partial charge < -0.3 is 10.1 Å². The first-order chi connectivity index (χ1) is 11.0. The SMILES string of the molecule is CCC(NC(=O)c1c(C)nn(CC)c1C)c1ccccc1OC. The molecule has 5 heteroatoms. The van der Waals surface area contributed by atoms with Crippen LogP contribution in [0.1, 0.15) is 53.6 Å². The minimum absolute atomic E-state index is 0.0857. The normalized spacial score (nSPS) is 12.0. The third-order valence-electron chi connectivity index (χ3n) is 4.14. The zero-order valence-electron chi connectivity index (χ0n) is 14.5. The number of ether oxygens (including phenoxy) is 1. The topological polar surface area (TPSA) is 56.2 Å². The third kappa shape index (κ3) is 3.38. The molecule has 1 aromatic carbocycles. The molecule has 0 aliphatic carbocycles. The van der Waals surface area contributed by atoms with Crippen molar-refractivity contribution in [2.45, 2.75) is 46.7 Å². The third-order valence-corrected chi connectivity index (χ3v) is 4.14. The maximum absolute atomic E-state index is 12.8. The van der Waals surface area contributed by atoms with Crippen molar-refractivity contribution in [3.05, 3.63) is 46.8 Å². The number of nitrogens with zero attached hydrogens (tertiary/aromatic N) is 2. The van der Waals surface area contributed by atoms with E-state index in [1.165, 1.54) is 0 Å². The number of amides is 1. The number of aromatic nitrogens is 2. The van der Waals surface area contributed by atoms with E-state index in [1.807, 2.05) is 56.6 Å². The zero-order valence-corrected chi connectivity index (χ0v) is 14.5. The molecule has 0 radical (unpaired) electrons. The van der Waals surface area contributed by atoms with Crippen molar-refractivity contribution in [2.75, 3.05) is 7.11 Å². The van der Waals surface area contributed by atoms with Crippen LogP contribution in [0.3, 0.4) is 0 Å². The van der Waals surface area contributed by atoms with Gasteiger partial charge in [0.05, 0.1) is 24.4 Å². The summed E-state index contributed by atoms with van der Waals surface area (Å²) >= 11 is 0. The summed E-state index contributed by atoms with van der Waals surface area (Å²) in [7, 11) is 1.65. The van der Waals surface area contributed by atoms with Crippen LogP contribution in [-0.2, 0) is 6.54 Å². The number of para-hydroxylation sites is 1. The maximum Gasteiger partial charge on any atom is 0.255 e. The van der Waals surface area contributed by atoms with E-state index < -0.39 is 0 Å². The van der Waals surface area contributed by atoms with Crippen LogP contribution in [-0.4, -0.2) is 22.8 Å². The first-order valence-electron chi connectivity index (χ1n) is 8.01. The molecule has 0 spiro atoms. The number of methoxy groups -OCH3 is 1. The Bertz CT molecular complexity index is 692. The van der Waals surface area contributed by atoms with Gasteiger partial charge in [-0.05, 0) is 33.3 Å². The van der Waals surface area contributed by atoms with Crippen LogP contribution in [0.25, 0.3) is 0 Å². The summed E-state index contributed by atoms with van der Waals surface area (Å²) in [6, 6.07) is 7.69. The second-order valence-electron chi connectivity index (χ2n) is 5.54. The highest BCUT2D eigenvalue weighted by Crippen LogP contribution is 2.27. The number of aryl methyl sites for hydroxylation is 2. The molecular formula is C18H25N3O2. The highest BCUT2D eigenvalue weighted by Gasteiger charge is 2.22. The zero-order chi connectivity index (χ0) is 17.0. The number of carbonyl (C=O) groups excluding carboxylic acids is 1. The Hall–Kier alpha value is -2.30. The first-order valence-corrected chi connectivity index (χ1v) is 8.01. The molecular weight excluding hydrogens is 290 g/mol. The molecule has 5 nitrogen and oxygen atoms in total.